The van der Waals surface area contributed by atoms with Crippen LogP contribution >= 0.6 is 0 Å². The van der Waals surface area contributed by atoms with Crippen LogP contribution in [0.2, 0.25) is 0 Å². The first kappa shape index (κ1) is 8.53. The van der Waals surface area contributed by atoms with E-state index in [4.69, 9.17) is 0 Å². The van der Waals surface area contributed by atoms with Crippen molar-refractivity contribution in [2.75, 3.05) is 13.1 Å². The Morgan fingerprint density at radius 1 is 1.14 bits per heavy atom. The minimum absolute atomic E-state index is 0.182. The summed E-state index contributed by atoms with van der Waals surface area (Å²) in [7, 11) is 0. The highest BCUT2D eigenvalue weighted by Gasteiger charge is 2.40. The molecule has 2 atom stereocenters. The van der Waals surface area contributed by atoms with Gasteiger partial charge in [0.05, 0.1) is 0 Å². The lowest BCUT2D eigenvalue weighted by atomic mass is 10.2. The first-order chi connectivity index (χ1) is 6.84. The minimum atomic E-state index is 0.182. The number of hydrogen-bond donors (Lipinski definition) is 2. The lowest BCUT2D eigenvalue weighted by Gasteiger charge is -2.35. The average molecular weight is 195 g/mol. The third-order valence-electron chi connectivity index (χ3n) is 3.52. The first-order valence-corrected chi connectivity index (χ1v) is 5.64. The Balaban J connectivity index is 1.67. The molecule has 0 radical (unpaired) electrons. The summed E-state index contributed by atoms with van der Waals surface area (Å²) in [6.07, 6.45) is 4.70. The van der Waals surface area contributed by atoms with Crippen LogP contribution in [0.4, 0.5) is 4.79 Å². The van der Waals surface area contributed by atoms with Crippen LogP contribution in [0, 0.1) is 0 Å². The molecule has 1 saturated carbocycles. The number of amides is 2. The Bertz CT molecular complexity index is 236. The Kier molecular flexibility index (Phi) is 1.90. The lowest BCUT2D eigenvalue weighted by Crippen LogP contribution is -2.57. The second-order valence-corrected chi connectivity index (χ2v) is 4.67. The molecule has 2 saturated heterocycles. The number of hydrogen-bond acceptors (Lipinski definition) is 2. The van der Waals surface area contributed by atoms with E-state index < -0.39 is 0 Å². The zero-order valence-electron chi connectivity index (χ0n) is 8.33. The number of fused-ring (bicyclic) bond motifs is 2. The van der Waals surface area contributed by atoms with Gasteiger partial charge in [0.15, 0.2) is 0 Å². The van der Waals surface area contributed by atoms with Crippen molar-refractivity contribution in [3.63, 3.8) is 0 Å². The van der Waals surface area contributed by atoms with Gasteiger partial charge in [-0.25, -0.2) is 4.79 Å². The molecule has 2 heterocycles. The second kappa shape index (κ2) is 3.12. The highest BCUT2D eigenvalue weighted by molar-refractivity contribution is 5.76. The Labute approximate surface area is 84.0 Å². The number of rotatable bonds is 1. The maximum Gasteiger partial charge on any atom is 0.318 e. The molecule has 3 rings (SSSR count). The molecule has 3 fully saturated rings. The van der Waals surface area contributed by atoms with Gasteiger partial charge in [0.1, 0.15) is 0 Å². The molecule has 2 amide bonds. The van der Waals surface area contributed by atoms with Crippen molar-refractivity contribution < 1.29 is 4.79 Å². The number of nitrogens with zero attached hydrogens (tertiary/aromatic N) is 1. The Hall–Kier alpha value is -0.770. The van der Waals surface area contributed by atoms with Gasteiger partial charge in [-0.1, -0.05) is 0 Å². The van der Waals surface area contributed by atoms with E-state index in [1.165, 1.54) is 25.7 Å². The Morgan fingerprint density at radius 2 is 1.79 bits per heavy atom. The van der Waals surface area contributed by atoms with E-state index in [1.807, 2.05) is 0 Å². The molecule has 2 aliphatic heterocycles. The molecule has 78 valence electrons. The second-order valence-electron chi connectivity index (χ2n) is 4.67. The van der Waals surface area contributed by atoms with Gasteiger partial charge in [0, 0.05) is 31.2 Å². The fourth-order valence-corrected chi connectivity index (χ4v) is 2.59. The molecule has 1 aliphatic carbocycles. The van der Waals surface area contributed by atoms with Crippen molar-refractivity contribution >= 4 is 6.03 Å². The zero-order valence-corrected chi connectivity index (χ0v) is 8.33. The summed E-state index contributed by atoms with van der Waals surface area (Å²) in [5.41, 5.74) is 0. The van der Waals surface area contributed by atoms with Crippen molar-refractivity contribution in [2.24, 2.45) is 0 Å². The Morgan fingerprint density at radius 3 is 2.36 bits per heavy atom. The summed E-state index contributed by atoms with van der Waals surface area (Å²) in [5.74, 6) is 0. The summed E-state index contributed by atoms with van der Waals surface area (Å²) in [6.45, 7) is 1.96. The summed E-state index contributed by atoms with van der Waals surface area (Å²) in [6, 6.07) is 1.57. The standard InChI is InChI=1S/C10H17N3O/c14-10(12-7-1-2-7)13-8-3-4-9(13)6-11-5-8/h7-9,11H,1-6H2,(H,12,14). The van der Waals surface area contributed by atoms with Gasteiger partial charge in [0.2, 0.25) is 0 Å². The normalized spacial score (nSPS) is 35.9. The van der Waals surface area contributed by atoms with Crippen LogP contribution in [0.15, 0.2) is 0 Å². The van der Waals surface area contributed by atoms with Crippen LogP contribution in [0.1, 0.15) is 25.7 Å². The minimum Gasteiger partial charge on any atom is -0.335 e. The SMILES string of the molecule is O=C(NC1CC1)N1C2CCC1CNC2. The van der Waals surface area contributed by atoms with E-state index in [-0.39, 0.29) is 6.03 Å². The van der Waals surface area contributed by atoms with Crippen LogP contribution in [-0.4, -0.2) is 42.1 Å². The zero-order chi connectivity index (χ0) is 9.54. The molecule has 14 heavy (non-hydrogen) atoms. The van der Waals surface area contributed by atoms with E-state index in [0.717, 1.165) is 13.1 Å². The fourth-order valence-electron chi connectivity index (χ4n) is 2.59. The average Bonchev–Trinajstić information content (AvgIpc) is 2.94. The number of carbonyl (C=O) groups excluding carboxylic acids is 1. The van der Waals surface area contributed by atoms with E-state index in [9.17, 15) is 4.79 Å². The van der Waals surface area contributed by atoms with Gasteiger partial charge in [-0.15, -0.1) is 0 Å². The molecular weight excluding hydrogens is 178 g/mol. The predicted molar refractivity (Wildman–Crippen MR) is 53.1 cm³/mol. The van der Waals surface area contributed by atoms with E-state index in [2.05, 4.69) is 15.5 Å². The molecule has 0 spiro atoms. The molecule has 0 aromatic carbocycles. The number of urea groups is 1. The topological polar surface area (TPSA) is 44.4 Å². The highest BCUT2D eigenvalue weighted by Crippen LogP contribution is 2.27. The van der Waals surface area contributed by atoms with Crippen LogP contribution in [0.5, 0.6) is 0 Å². The number of piperazine rings is 1. The molecule has 2 bridgehead atoms. The van der Waals surface area contributed by atoms with Gasteiger partial charge >= 0.3 is 6.03 Å². The smallest absolute Gasteiger partial charge is 0.318 e. The number of nitrogens with one attached hydrogen (secondary N) is 2. The van der Waals surface area contributed by atoms with Crippen molar-refractivity contribution in [2.45, 2.75) is 43.8 Å². The van der Waals surface area contributed by atoms with Gasteiger partial charge in [-0.2, -0.15) is 0 Å². The summed E-state index contributed by atoms with van der Waals surface area (Å²) < 4.78 is 0. The third-order valence-corrected chi connectivity index (χ3v) is 3.52. The fraction of sp³-hybridized carbons (Fsp3) is 0.900. The van der Waals surface area contributed by atoms with E-state index >= 15 is 0 Å². The molecule has 2 N–H and O–H groups in total. The molecule has 2 unspecified atom stereocenters. The van der Waals surface area contributed by atoms with Crippen molar-refractivity contribution in [3.8, 4) is 0 Å². The lowest BCUT2D eigenvalue weighted by molar-refractivity contribution is 0.154. The molecular formula is C10H17N3O. The summed E-state index contributed by atoms with van der Waals surface area (Å²) >= 11 is 0. The van der Waals surface area contributed by atoms with Crippen molar-refractivity contribution in [1.82, 2.24) is 15.5 Å². The molecule has 0 aromatic heterocycles. The van der Waals surface area contributed by atoms with Gasteiger partial charge in [-0.05, 0) is 25.7 Å². The van der Waals surface area contributed by atoms with Gasteiger partial charge in [-0.3, -0.25) is 0 Å². The molecule has 4 heteroatoms. The maximum absolute atomic E-state index is 11.9. The largest absolute Gasteiger partial charge is 0.335 e. The molecule has 0 aromatic rings. The summed E-state index contributed by atoms with van der Waals surface area (Å²) in [5, 5.41) is 6.46. The van der Waals surface area contributed by atoms with Crippen molar-refractivity contribution in [1.29, 1.82) is 0 Å². The quantitative estimate of drug-likeness (QED) is 0.632. The predicted octanol–water partition coefficient (Wildman–Crippen LogP) is 0.295. The summed E-state index contributed by atoms with van der Waals surface area (Å²) in [4.78, 5) is 14.0. The first-order valence-electron chi connectivity index (χ1n) is 5.64. The van der Waals surface area contributed by atoms with Crippen LogP contribution in [0.3, 0.4) is 0 Å². The van der Waals surface area contributed by atoms with Crippen molar-refractivity contribution in [3.05, 3.63) is 0 Å². The van der Waals surface area contributed by atoms with Crippen LogP contribution < -0.4 is 10.6 Å². The van der Waals surface area contributed by atoms with E-state index in [1.54, 1.807) is 0 Å². The van der Waals surface area contributed by atoms with Crippen LogP contribution in [-0.2, 0) is 0 Å². The van der Waals surface area contributed by atoms with Gasteiger partial charge in [0.25, 0.3) is 0 Å². The molecule has 4 nitrogen and oxygen atoms in total. The third kappa shape index (κ3) is 1.38. The maximum atomic E-state index is 11.9. The monoisotopic (exact) mass is 195 g/mol. The van der Waals surface area contributed by atoms with E-state index in [0.29, 0.717) is 18.1 Å². The van der Waals surface area contributed by atoms with Crippen LogP contribution in [0.25, 0.3) is 0 Å². The number of carbonyl (C=O) groups is 1. The highest BCUT2D eigenvalue weighted by atomic mass is 16.2. The molecule has 3 aliphatic rings. The van der Waals surface area contributed by atoms with Gasteiger partial charge < -0.3 is 15.5 Å².